The molecule has 0 aliphatic carbocycles. The quantitative estimate of drug-likeness (QED) is 0.678. The van der Waals surface area contributed by atoms with Gasteiger partial charge in [-0.15, -0.1) is 0 Å². The van der Waals surface area contributed by atoms with E-state index < -0.39 is 9.05 Å². The van der Waals surface area contributed by atoms with Crippen molar-refractivity contribution in [2.75, 3.05) is 27.9 Å². The predicted octanol–water partition coefficient (Wildman–Crippen LogP) is 2.26. The zero-order valence-electron chi connectivity index (χ0n) is 11.1. The SMILES string of the molecule is C=Cc1ccccc1CCO[Si](OC)(OC)OC. The standard InChI is InChI=1S/C13H20O4Si/c1-5-12-8-6-7-9-13(12)10-11-17-18(14-2,15-3)16-4/h5-9H,1,10-11H2,2-4H3. The Bertz CT molecular complexity index is 369. The van der Waals surface area contributed by atoms with E-state index in [1.807, 2.05) is 24.3 Å². The van der Waals surface area contributed by atoms with Gasteiger partial charge in [-0.1, -0.05) is 36.9 Å². The molecule has 18 heavy (non-hydrogen) atoms. The fourth-order valence-electron chi connectivity index (χ4n) is 1.67. The summed E-state index contributed by atoms with van der Waals surface area (Å²) in [6.45, 7) is 4.27. The van der Waals surface area contributed by atoms with Crippen molar-refractivity contribution in [3.05, 3.63) is 42.0 Å². The molecule has 0 bridgehead atoms. The summed E-state index contributed by atoms with van der Waals surface area (Å²) in [4.78, 5) is 0. The first-order chi connectivity index (χ1) is 8.71. The van der Waals surface area contributed by atoms with Crippen LogP contribution in [-0.2, 0) is 24.1 Å². The zero-order valence-corrected chi connectivity index (χ0v) is 12.1. The smallest absolute Gasteiger partial charge is 0.355 e. The molecule has 0 saturated carbocycles. The normalized spacial score (nSPS) is 11.5. The Morgan fingerprint density at radius 1 is 1.11 bits per heavy atom. The van der Waals surface area contributed by atoms with Crippen LogP contribution in [0.15, 0.2) is 30.8 Å². The molecule has 0 unspecified atom stereocenters. The molecule has 0 radical (unpaired) electrons. The zero-order chi connectivity index (χ0) is 13.4. The monoisotopic (exact) mass is 268 g/mol. The summed E-state index contributed by atoms with van der Waals surface area (Å²) in [6.07, 6.45) is 2.59. The van der Waals surface area contributed by atoms with Crippen molar-refractivity contribution in [1.29, 1.82) is 0 Å². The molecule has 0 heterocycles. The molecule has 100 valence electrons. The van der Waals surface area contributed by atoms with Crippen LogP contribution in [0, 0.1) is 0 Å². The van der Waals surface area contributed by atoms with Gasteiger partial charge in [0.2, 0.25) is 0 Å². The average Bonchev–Trinajstić information content (AvgIpc) is 2.44. The maximum absolute atomic E-state index is 5.62. The third kappa shape index (κ3) is 3.76. The van der Waals surface area contributed by atoms with Crippen LogP contribution in [-0.4, -0.2) is 37.0 Å². The molecule has 0 aliphatic rings. The Morgan fingerprint density at radius 3 is 2.28 bits per heavy atom. The second-order valence-electron chi connectivity index (χ2n) is 3.61. The maximum Gasteiger partial charge on any atom is 0.678 e. The van der Waals surface area contributed by atoms with Crippen LogP contribution in [0.4, 0.5) is 0 Å². The van der Waals surface area contributed by atoms with Crippen molar-refractivity contribution in [2.24, 2.45) is 0 Å². The van der Waals surface area contributed by atoms with Crippen molar-refractivity contribution < 1.29 is 17.7 Å². The minimum atomic E-state index is -2.92. The Morgan fingerprint density at radius 2 is 1.72 bits per heavy atom. The molecule has 0 aromatic heterocycles. The third-order valence-electron chi connectivity index (χ3n) is 2.68. The maximum atomic E-state index is 5.62. The molecule has 0 spiro atoms. The van der Waals surface area contributed by atoms with E-state index in [1.165, 1.54) is 26.9 Å². The van der Waals surface area contributed by atoms with E-state index in [0.29, 0.717) is 6.61 Å². The molecular weight excluding hydrogens is 248 g/mol. The summed E-state index contributed by atoms with van der Waals surface area (Å²) in [5, 5.41) is 0. The molecular formula is C13H20O4Si. The fourth-order valence-corrected chi connectivity index (χ4v) is 2.88. The Balaban J connectivity index is 2.58. The number of hydrogen-bond donors (Lipinski definition) is 0. The molecule has 1 aromatic carbocycles. The van der Waals surface area contributed by atoms with Gasteiger partial charge < -0.3 is 17.7 Å². The second-order valence-corrected chi connectivity index (χ2v) is 6.13. The average molecular weight is 268 g/mol. The van der Waals surface area contributed by atoms with Gasteiger partial charge in [0, 0.05) is 27.9 Å². The van der Waals surface area contributed by atoms with Gasteiger partial charge >= 0.3 is 9.05 Å². The van der Waals surface area contributed by atoms with Gasteiger partial charge in [-0.3, -0.25) is 0 Å². The van der Waals surface area contributed by atoms with Crippen LogP contribution in [0.1, 0.15) is 11.1 Å². The summed E-state index contributed by atoms with van der Waals surface area (Å²) in [5.41, 5.74) is 2.29. The van der Waals surface area contributed by atoms with E-state index in [1.54, 1.807) is 0 Å². The van der Waals surface area contributed by atoms with Crippen LogP contribution < -0.4 is 0 Å². The van der Waals surface area contributed by atoms with Gasteiger partial charge in [0.15, 0.2) is 0 Å². The van der Waals surface area contributed by atoms with Gasteiger partial charge in [-0.2, -0.15) is 0 Å². The Hall–Kier alpha value is -0.983. The van der Waals surface area contributed by atoms with E-state index >= 15 is 0 Å². The molecule has 4 nitrogen and oxygen atoms in total. The van der Waals surface area contributed by atoms with Gasteiger partial charge in [-0.05, 0) is 17.5 Å². The van der Waals surface area contributed by atoms with Gasteiger partial charge in [0.25, 0.3) is 0 Å². The number of benzene rings is 1. The van der Waals surface area contributed by atoms with E-state index in [2.05, 4.69) is 12.6 Å². The summed E-state index contributed by atoms with van der Waals surface area (Å²) >= 11 is 0. The van der Waals surface area contributed by atoms with Crippen LogP contribution in [0.25, 0.3) is 6.08 Å². The van der Waals surface area contributed by atoms with Gasteiger partial charge in [0.1, 0.15) is 0 Å². The lowest BCUT2D eigenvalue weighted by molar-refractivity contribution is 0.00671. The van der Waals surface area contributed by atoms with Crippen LogP contribution in [0.3, 0.4) is 0 Å². The minimum Gasteiger partial charge on any atom is -0.355 e. The van der Waals surface area contributed by atoms with E-state index in [4.69, 9.17) is 17.7 Å². The third-order valence-corrected chi connectivity index (χ3v) is 4.73. The predicted molar refractivity (Wildman–Crippen MR) is 73.0 cm³/mol. The lowest BCUT2D eigenvalue weighted by Crippen LogP contribution is -2.46. The molecule has 1 rings (SSSR count). The molecule has 0 N–H and O–H groups in total. The van der Waals surface area contributed by atoms with Crippen molar-refractivity contribution in [1.82, 2.24) is 0 Å². The molecule has 0 amide bonds. The highest BCUT2D eigenvalue weighted by Crippen LogP contribution is 2.13. The van der Waals surface area contributed by atoms with Crippen LogP contribution in [0.5, 0.6) is 0 Å². The van der Waals surface area contributed by atoms with E-state index in [-0.39, 0.29) is 0 Å². The number of rotatable bonds is 8. The first-order valence-electron chi connectivity index (χ1n) is 5.71. The summed E-state index contributed by atoms with van der Waals surface area (Å²) in [7, 11) is 1.65. The lowest BCUT2D eigenvalue weighted by Gasteiger charge is -2.23. The molecule has 5 heteroatoms. The molecule has 1 aromatic rings. The van der Waals surface area contributed by atoms with Crippen molar-refractivity contribution in [3.8, 4) is 0 Å². The Labute approximate surface area is 110 Å². The van der Waals surface area contributed by atoms with E-state index in [9.17, 15) is 0 Å². The van der Waals surface area contributed by atoms with Gasteiger partial charge in [-0.25, -0.2) is 0 Å². The first kappa shape index (κ1) is 15.1. The Kier molecular flexibility index (Phi) is 6.24. The summed E-state index contributed by atoms with van der Waals surface area (Å²) < 4.78 is 21.2. The van der Waals surface area contributed by atoms with Gasteiger partial charge in [0.05, 0.1) is 0 Å². The summed E-state index contributed by atoms with van der Waals surface area (Å²) in [6, 6.07) is 8.06. The highest BCUT2D eigenvalue weighted by Gasteiger charge is 2.41. The first-order valence-corrected chi connectivity index (χ1v) is 7.34. The van der Waals surface area contributed by atoms with Crippen molar-refractivity contribution in [3.63, 3.8) is 0 Å². The molecule has 0 fully saturated rings. The topological polar surface area (TPSA) is 36.9 Å². The highest BCUT2D eigenvalue weighted by atomic mass is 28.4. The largest absolute Gasteiger partial charge is 0.678 e. The van der Waals surface area contributed by atoms with E-state index in [0.717, 1.165) is 12.0 Å². The fraction of sp³-hybridized carbons (Fsp3) is 0.385. The minimum absolute atomic E-state index is 0.479. The van der Waals surface area contributed by atoms with Crippen LogP contribution >= 0.6 is 0 Å². The van der Waals surface area contributed by atoms with Crippen molar-refractivity contribution in [2.45, 2.75) is 6.42 Å². The van der Waals surface area contributed by atoms with Crippen molar-refractivity contribution >= 4 is 15.1 Å². The number of hydrogen-bond acceptors (Lipinski definition) is 4. The second kappa shape index (κ2) is 7.45. The summed E-state index contributed by atoms with van der Waals surface area (Å²) in [5.74, 6) is 0. The molecule has 0 saturated heterocycles. The van der Waals surface area contributed by atoms with Crippen LogP contribution in [0.2, 0.25) is 0 Å². The molecule has 0 atom stereocenters. The lowest BCUT2D eigenvalue weighted by atomic mass is 10.1. The highest BCUT2D eigenvalue weighted by molar-refractivity contribution is 6.53. The molecule has 0 aliphatic heterocycles.